The van der Waals surface area contributed by atoms with Crippen LogP contribution in [-0.4, -0.2) is 23.9 Å². The molecule has 0 radical (unpaired) electrons. The highest BCUT2D eigenvalue weighted by atomic mass is 16.2. The molecule has 0 aromatic carbocycles. The normalized spacial score (nSPS) is 34.8. The Balaban J connectivity index is 1.57. The van der Waals surface area contributed by atoms with Gasteiger partial charge in [0.2, 0.25) is 5.91 Å². The Morgan fingerprint density at radius 3 is 2.38 bits per heavy atom. The smallest absolute Gasteiger partial charge is 0.226 e. The van der Waals surface area contributed by atoms with Gasteiger partial charge in [-0.25, -0.2) is 0 Å². The highest BCUT2D eigenvalue weighted by Crippen LogP contribution is 2.62. The number of carbonyl (C=O) groups excluding carboxylic acids is 1. The average Bonchev–Trinajstić information content (AvgIpc) is 2.68. The van der Waals surface area contributed by atoms with Gasteiger partial charge in [-0.1, -0.05) is 25.0 Å². The number of amides is 1. The van der Waals surface area contributed by atoms with E-state index in [0.717, 1.165) is 31.3 Å². The minimum atomic E-state index is 0.372. The Labute approximate surface area is 97.7 Å². The summed E-state index contributed by atoms with van der Waals surface area (Å²) in [6, 6.07) is 0. The van der Waals surface area contributed by atoms with Crippen molar-refractivity contribution in [2.75, 3.05) is 13.1 Å². The van der Waals surface area contributed by atoms with Crippen LogP contribution in [0.2, 0.25) is 0 Å². The Morgan fingerprint density at radius 1 is 1.31 bits per heavy atom. The first-order valence-electron chi connectivity index (χ1n) is 6.45. The van der Waals surface area contributed by atoms with Gasteiger partial charge in [-0.05, 0) is 37.0 Å². The predicted molar refractivity (Wildman–Crippen MR) is 63.9 cm³/mol. The van der Waals surface area contributed by atoms with Crippen molar-refractivity contribution in [1.82, 2.24) is 4.90 Å². The van der Waals surface area contributed by atoms with Crippen molar-refractivity contribution < 1.29 is 4.79 Å². The molecule has 1 aliphatic heterocycles. The molecule has 0 spiro atoms. The number of hydrogen-bond acceptors (Lipinski definition) is 1. The molecule has 0 aromatic heterocycles. The van der Waals surface area contributed by atoms with Crippen molar-refractivity contribution in [3.63, 3.8) is 0 Å². The number of piperidine rings is 1. The number of rotatable bonds is 2. The maximum atomic E-state index is 12.1. The molecule has 1 heterocycles. The van der Waals surface area contributed by atoms with Crippen LogP contribution in [0.25, 0.3) is 0 Å². The number of likely N-dealkylation sites (tertiary alicyclic amines) is 1. The fraction of sp³-hybridized carbons (Fsp3) is 0.786. The van der Waals surface area contributed by atoms with Gasteiger partial charge in [0.1, 0.15) is 0 Å². The fourth-order valence-corrected chi connectivity index (χ4v) is 3.42. The van der Waals surface area contributed by atoms with Crippen LogP contribution in [0.1, 0.15) is 40.0 Å². The van der Waals surface area contributed by atoms with Crippen molar-refractivity contribution >= 4 is 5.91 Å². The van der Waals surface area contributed by atoms with E-state index in [1.165, 1.54) is 17.6 Å². The van der Waals surface area contributed by atoms with Gasteiger partial charge in [-0.2, -0.15) is 0 Å². The summed E-state index contributed by atoms with van der Waals surface area (Å²) in [6.07, 6.45) is 3.07. The van der Waals surface area contributed by atoms with Gasteiger partial charge >= 0.3 is 0 Å². The molecule has 2 unspecified atom stereocenters. The molecule has 0 bridgehead atoms. The third kappa shape index (κ3) is 1.35. The van der Waals surface area contributed by atoms with Gasteiger partial charge in [-0.15, -0.1) is 0 Å². The third-order valence-corrected chi connectivity index (χ3v) is 5.24. The van der Waals surface area contributed by atoms with Crippen LogP contribution < -0.4 is 0 Å². The number of nitrogens with zero attached hydrogens (tertiary/aromatic N) is 1. The Morgan fingerprint density at radius 2 is 1.94 bits per heavy atom. The molecule has 3 rings (SSSR count). The van der Waals surface area contributed by atoms with E-state index < -0.39 is 0 Å². The first kappa shape index (κ1) is 10.4. The van der Waals surface area contributed by atoms with E-state index in [0.29, 0.717) is 17.7 Å². The molecule has 3 aliphatic rings. The molecule has 2 atom stereocenters. The van der Waals surface area contributed by atoms with E-state index in [9.17, 15) is 4.79 Å². The molecule has 16 heavy (non-hydrogen) atoms. The van der Waals surface area contributed by atoms with E-state index >= 15 is 0 Å². The molecular weight excluding hydrogens is 198 g/mol. The molecule has 2 nitrogen and oxygen atoms in total. The SMILES string of the molecule is CC1=C(CC(=O)N2CC3C(C2)C3(C)C)CC1. The summed E-state index contributed by atoms with van der Waals surface area (Å²) in [7, 11) is 0. The summed E-state index contributed by atoms with van der Waals surface area (Å²) in [5.41, 5.74) is 3.38. The van der Waals surface area contributed by atoms with Gasteiger partial charge in [0.15, 0.2) is 0 Å². The molecule has 1 saturated carbocycles. The van der Waals surface area contributed by atoms with Crippen molar-refractivity contribution in [2.24, 2.45) is 17.3 Å². The Kier molecular flexibility index (Phi) is 2.02. The molecule has 88 valence electrons. The van der Waals surface area contributed by atoms with Crippen LogP contribution in [0.3, 0.4) is 0 Å². The summed E-state index contributed by atoms with van der Waals surface area (Å²) >= 11 is 0. The minimum absolute atomic E-state index is 0.372. The fourth-order valence-electron chi connectivity index (χ4n) is 3.42. The summed E-state index contributed by atoms with van der Waals surface area (Å²) in [4.78, 5) is 14.2. The molecule has 1 saturated heterocycles. The zero-order valence-corrected chi connectivity index (χ0v) is 10.5. The maximum absolute atomic E-state index is 12.1. The zero-order valence-electron chi connectivity index (χ0n) is 10.5. The van der Waals surface area contributed by atoms with Crippen LogP contribution >= 0.6 is 0 Å². The largest absolute Gasteiger partial charge is 0.342 e. The van der Waals surface area contributed by atoms with E-state index in [4.69, 9.17) is 0 Å². The number of fused-ring (bicyclic) bond motifs is 1. The van der Waals surface area contributed by atoms with Gasteiger partial charge in [0.25, 0.3) is 0 Å². The second-order valence-electron chi connectivity index (χ2n) is 6.39. The minimum Gasteiger partial charge on any atom is -0.342 e. The molecule has 0 N–H and O–H groups in total. The summed E-state index contributed by atoms with van der Waals surface area (Å²) in [6.45, 7) is 8.87. The topological polar surface area (TPSA) is 20.3 Å². The standard InChI is InChI=1S/C14H21NO/c1-9-4-5-10(9)6-13(16)15-7-11-12(8-15)14(11,2)3/h11-12H,4-8H2,1-3H3. The lowest BCUT2D eigenvalue weighted by Gasteiger charge is -2.26. The lowest BCUT2D eigenvalue weighted by molar-refractivity contribution is -0.130. The summed E-state index contributed by atoms with van der Waals surface area (Å²) in [5, 5.41) is 0. The number of allylic oxidation sites excluding steroid dienone is 1. The second kappa shape index (κ2) is 3.12. The monoisotopic (exact) mass is 219 g/mol. The van der Waals surface area contributed by atoms with Gasteiger partial charge in [0.05, 0.1) is 0 Å². The van der Waals surface area contributed by atoms with Gasteiger partial charge < -0.3 is 4.90 Å². The second-order valence-corrected chi connectivity index (χ2v) is 6.39. The highest BCUT2D eigenvalue weighted by molar-refractivity contribution is 5.80. The van der Waals surface area contributed by atoms with Crippen LogP contribution in [-0.2, 0) is 4.79 Å². The zero-order chi connectivity index (χ0) is 11.5. The lowest BCUT2D eigenvalue weighted by atomic mass is 9.87. The van der Waals surface area contributed by atoms with E-state index in [-0.39, 0.29) is 0 Å². The van der Waals surface area contributed by atoms with Gasteiger partial charge in [0, 0.05) is 19.5 Å². The summed E-state index contributed by atoms with van der Waals surface area (Å²) < 4.78 is 0. The van der Waals surface area contributed by atoms with E-state index in [1.54, 1.807) is 0 Å². The maximum Gasteiger partial charge on any atom is 0.226 e. The Bertz CT molecular complexity index is 366. The lowest BCUT2D eigenvalue weighted by Crippen LogP contribution is -2.33. The third-order valence-electron chi connectivity index (χ3n) is 5.24. The van der Waals surface area contributed by atoms with Crippen molar-refractivity contribution in [2.45, 2.75) is 40.0 Å². The van der Waals surface area contributed by atoms with Crippen LogP contribution in [0.5, 0.6) is 0 Å². The molecule has 0 aromatic rings. The van der Waals surface area contributed by atoms with Crippen LogP contribution in [0.15, 0.2) is 11.1 Å². The molecule has 2 fully saturated rings. The molecular formula is C14H21NO. The molecule has 1 amide bonds. The quantitative estimate of drug-likeness (QED) is 0.654. The average molecular weight is 219 g/mol. The first-order chi connectivity index (χ1) is 7.50. The van der Waals surface area contributed by atoms with Gasteiger partial charge in [-0.3, -0.25) is 4.79 Å². The molecule has 2 heteroatoms. The number of hydrogen-bond donors (Lipinski definition) is 0. The van der Waals surface area contributed by atoms with Crippen molar-refractivity contribution in [3.8, 4) is 0 Å². The highest BCUT2D eigenvalue weighted by Gasteiger charge is 2.62. The Hall–Kier alpha value is -0.790. The van der Waals surface area contributed by atoms with Crippen LogP contribution in [0, 0.1) is 17.3 Å². The molecule has 2 aliphatic carbocycles. The van der Waals surface area contributed by atoms with E-state index in [1.807, 2.05) is 0 Å². The van der Waals surface area contributed by atoms with Crippen molar-refractivity contribution in [3.05, 3.63) is 11.1 Å². The number of carbonyl (C=O) groups is 1. The first-order valence-corrected chi connectivity index (χ1v) is 6.45. The van der Waals surface area contributed by atoms with Crippen molar-refractivity contribution in [1.29, 1.82) is 0 Å². The van der Waals surface area contributed by atoms with E-state index in [2.05, 4.69) is 25.7 Å². The summed E-state index contributed by atoms with van der Waals surface area (Å²) in [5.74, 6) is 1.94. The van der Waals surface area contributed by atoms with Crippen LogP contribution in [0.4, 0.5) is 0 Å². The predicted octanol–water partition coefficient (Wildman–Crippen LogP) is 2.60.